The van der Waals surface area contributed by atoms with Gasteiger partial charge in [-0.05, 0) is 42.5 Å². The van der Waals surface area contributed by atoms with E-state index >= 15 is 0 Å². The molecule has 3 rings (SSSR count). The van der Waals surface area contributed by atoms with Crippen LogP contribution in [0.15, 0.2) is 60.8 Å². The minimum Gasteiger partial charge on any atom is -0.326 e. The van der Waals surface area contributed by atoms with Gasteiger partial charge in [-0.15, -0.1) is 0 Å². The zero-order valence-electron chi connectivity index (χ0n) is 14.2. The molecule has 0 radical (unpaired) electrons. The van der Waals surface area contributed by atoms with Gasteiger partial charge in [-0.25, -0.2) is 8.78 Å². The number of hydrogen-bond acceptors (Lipinski definition) is 3. The third-order valence-corrected chi connectivity index (χ3v) is 3.63. The summed E-state index contributed by atoms with van der Waals surface area (Å²) in [4.78, 5) is 24.0. The van der Waals surface area contributed by atoms with Crippen LogP contribution in [0.25, 0.3) is 0 Å². The van der Waals surface area contributed by atoms with Crippen LogP contribution >= 0.6 is 0 Å². The molecule has 2 aromatic carbocycles. The lowest BCUT2D eigenvalue weighted by Crippen LogP contribution is -2.16. The van der Waals surface area contributed by atoms with Gasteiger partial charge in [0.05, 0.1) is 0 Å². The van der Waals surface area contributed by atoms with Crippen LogP contribution in [0.2, 0.25) is 0 Å². The SMILES string of the molecule is O=C(CCn1ccc(C(=O)Nc2cccc(F)c2)n1)Nc1cccc(F)c1. The van der Waals surface area contributed by atoms with Crippen molar-refractivity contribution in [3.8, 4) is 0 Å². The molecule has 0 aliphatic heterocycles. The third kappa shape index (κ3) is 5.21. The summed E-state index contributed by atoms with van der Waals surface area (Å²) < 4.78 is 27.7. The van der Waals surface area contributed by atoms with E-state index in [9.17, 15) is 18.4 Å². The predicted molar refractivity (Wildman–Crippen MR) is 96.2 cm³/mol. The molecule has 0 unspecified atom stereocenters. The second kappa shape index (κ2) is 8.22. The predicted octanol–water partition coefficient (Wildman–Crippen LogP) is 3.44. The van der Waals surface area contributed by atoms with Crippen molar-refractivity contribution in [1.29, 1.82) is 0 Å². The summed E-state index contributed by atoms with van der Waals surface area (Å²) in [7, 11) is 0. The molecule has 0 fully saturated rings. The summed E-state index contributed by atoms with van der Waals surface area (Å²) in [6.07, 6.45) is 1.67. The molecule has 2 N–H and O–H groups in total. The lowest BCUT2D eigenvalue weighted by atomic mass is 10.3. The van der Waals surface area contributed by atoms with Crippen molar-refractivity contribution in [1.82, 2.24) is 9.78 Å². The van der Waals surface area contributed by atoms with E-state index in [4.69, 9.17) is 0 Å². The Morgan fingerprint density at radius 1 is 0.926 bits per heavy atom. The van der Waals surface area contributed by atoms with Gasteiger partial charge >= 0.3 is 0 Å². The van der Waals surface area contributed by atoms with Crippen molar-refractivity contribution in [2.24, 2.45) is 0 Å². The highest BCUT2D eigenvalue weighted by Crippen LogP contribution is 2.11. The van der Waals surface area contributed by atoms with Crippen molar-refractivity contribution < 1.29 is 18.4 Å². The van der Waals surface area contributed by atoms with E-state index in [1.54, 1.807) is 18.3 Å². The number of anilines is 2. The Bertz CT molecular complexity index is 972. The van der Waals surface area contributed by atoms with Gasteiger partial charge in [0.1, 0.15) is 11.6 Å². The number of carbonyl (C=O) groups excluding carboxylic acids is 2. The first kappa shape index (κ1) is 18.2. The van der Waals surface area contributed by atoms with Gasteiger partial charge in [0, 0.05) is 30.5 Å². The Morgan fingerprint density at radius 3 is 2.19 bits per heavy atom. The van der Waals surface area contributed by atoms with Crippen molar-refractivity contribution in [2.75, 3.05) is 10.6 Å². The Morgan fingerprint density at radius 2 is 1.56 bits per heavy atom. The van der Waals surface area contributed by atoms with E-state index in [1.165, 1.54) is 47.1 Å². The average molecular weight is 370 g/mol. The number of benzene rings is 2. The number of aryl methyl sites for hydroxylation is 1. The number of nitrogens with zero attached hydrogens (tertiary/aromatic N) is 2. The summed E-state index contributed by atoms with van der Waals surface area (Å²) in [6, 6.07) is 12.6. The first-order valence-corrected chi connectivity index (χ1v) is 8.15. The van der Waals surface area contributed by atoms with Crippen LogP contribution in [-0.4, -0.2) is 21.6 Å². The maximum absolute atomic E-state index is 13.1. The van der Waals surface area contributed by atoms with Crippen molar-refractivity contribution in [2.45, 2.75) is 13.0 Å². The van der Waals surface area contributed by atoms with Crippen molar-refractivity contribution >= 4 is 23.2 Å². The third-order valence-electron chi connectivity index (χ3n) is 3.63. The van der Waals surface area contributed by atoms with Crippen LogP contribution in [0.4, 0.5) is 20.2 Å². The summed E-state index contributed by atoms with van der Waals surface area (Å²) in [6.45, 7) is 0.244. The van der Waals surface area contributed by atoms with Gasteiger partial charge in [-0.1, -0.05) is 12.1 Å². The van der Waals surface area contributed by atoms with E-state index < -0.39 is 17.5 Å². The fraction of sp³-hybridized carbons (Fsp3) is 0.105. The number of halogens is 2. The lowest BCUT2D eigenvalue weighted by Gasteiger charge is -2.05. The Balaban J connectivity index is 1.53. The quantitative estimate of drug-likeness (QED) is 0.698. The standard InChI is InChI=1S/C19H16F2N4O2/c20-13-3-1-5-15(11-13)22-18(26)8-10-25-9-7-17(24-25)19(27)23-16-6-2-4-14(21)12-16/h1-7,9,11-12H,8,10H2,(H,22,26)(H,23,27). The zero-order valence-corrected chi connectivity index (χ0v) is 14.2. The number of rotatable bonds is 6. The van der Waals surface area contributed by atoms with Gasteiger partial charge in [-0.3, -0.25) is 14.3 Å². The maximum Gasteiger partial charge on any atom is 0.276 e. The van der Waals surface area contributed by atoms with Gasteiger partial charge in [0.25, 0.3) is 5.91 Å². The largest absolute Gasteiger partial charge is 0.326 e. The lowest BCUT2D eigenvalue weighted by molar-refractivity contribution is -0.116. The molecule has 138 valence electrons. The first-order valence-electron chi connectivity index (χ1n) is 8.15. The van der Waals surface area contributed by atoms with Crippen LogP contribution in [0.5, 0.6) is 0 Å². The Labute approximate surface area is 153 Å². The van der Waals surface area contributed by atoms with Crippen LogP contribution in [0, 0.1) is 11.6 Å². The average Bonchev–Trinajstić information content (AvgIpc) is 3.09. The maximum atomic E-state index is 13.1. The molecule has 0 aliphatic rings. The smallest absolute Gasteiger partial charge is 0.276 e. The first-order chi connectivity index (χ1) is 13.0. The molecule has 8 heteroatoms. The van der Waals surface area contributed by atoms with Crippen LogP contribution < -0.4 is 10.6 Å². The fourth-order valence-electron chi connectivity index (χ4n) is 2.37. The summed E-state index contributed by atoms with van der Waals surface area (Å²) in [5.74, 6) is -1.68. The topological polar surface area (TPSA) is 76.0 Å². The molecule has 0 aliphatic carbocycles. The summed E-state index contributed by atoms with van der Waals surface area (Å²) in [5.41, 5.74) is 0.837. The number of carbonyl (C=O) groups is 2. The number of aromatic nitrogens is 2. The highest BCUT2D eigenvalue weighted by Gasteiger charge is 2.11. The highest BCUT2D eigenvalue weighted by molar-refractivity contribution is 6.02. The molecule has 27 heavy (non-hydrogen) atoms. The number of nitrogens with one attached hydrogen (secondary N) is 2. The minimum absolute atomic E-state index is 0.100. The van der Waals surface area contributed by atoms with Crippen LogP contribution in [0.3, 0.4) is 0 Å². The Hall–Kier alpha value is -3.55. The molecule has 2 amide bonds. The van der Waals surface area contributed by atoms with Gasteiger partial charge < -0.3 is 10.6 Å². The molecule has 0 spiro atoms. The van der Waals surface area contributed by atoms with E-state index in [1.807, 2.05) is 0 Å². The second-order valence-electron chi connectivity index (χ2n) is 5.74. The monoisotopic (exact) mass is 370 g/mol. The molecule has 3 aromatic rings. The number of hydrogen-bond donors (Lipinski definition) is 2. The minimum atomic E-state index is -0.483. The molecule has 1 heterocycles. The van der Waals surface area contributed by atoms with E-state index in [0.29, 0.717) is 11.4 Å². The van der Waals surface area contributed by atoms with E-state index in [0.717, 1.165) is 0 Å². The number of amides is 2. The van der Waals surface area contributed by atoms with Gasteiger partial charge in [0.15, 0.2) is 5.69 Å². The van der Waals surface area contributed by atoms with E-state index in [-0.39, 0.29) is 24.6 Å². The van der Waals surface area contributed by atoms with Crippen LogP contribution in [-0.2, 0) is 11.3 Å². The molecule has 1 aromatic heterocycles. The molecule has 0 atom stereocenters. The summed E-state index contributed by atoms with van der Waals surface area (Å²) in [5, 5.41) is 9.22. The zero-order chi connectivity index (χ0) is 19.2. The summed E-state index contributed by atoms with van der Waals surface area (Å²) >= 11 is 0. The van der Waals surface area contributed by atoms with Crippen molar-refractivity contribution in [3.63, 3.8) is 0 Å². The molecule has 0 saturated carbocycles. The molecule has 0 saturated heterocycles. The Kier molecular flexibility index (Phi) is 5.55. The fourth-order valence-corrected chi connectivity index (χ4v) is 2.37. The van der Waals surface area contributed by atoms with Crippen LogP contribution in [0.1, 0.15) is 16.9 Å². The molecule has 0 bridgehead atoms. The van der Waals surface area contributed by atoms with E-state index in [2.05, 4.69) is 15.7 Å². The van der Waals surface area contributed by atoms with Gasteiger partial charge in [-0.2, -0.15) is 5.10 Å². The van der Waals surface area contributed by atoms with Gasteiger partial charge in [0.2, 0.25) is 5.91 Å². The molecule has 6 nitrogen and oxygen atoms in total. The second-order valence-corrected chi connectivity index (χ2v) is 5.74. The molecular formula is C19H16F2N4O2. The normalized spacial score (nSPS) is 10.4. The van der Waals surface area contributed by atoms with Crippen molar-refractivity contribution in [3.05, 3.63) is 78.1 Å². The highest BCUT2D eigenvalue weighted by atomic mass is 19.1. The molecular weight excluding hydrogens is 354 g/mol.